The Hall–Kier alpha value is -1.35. The summed E-state index contributed by atoms with van der Waals surface area (Å²) in [5.74, 6) is 0.0430. The Labute approximate surface area is 84.8 Å². The maximum atomic E-state index is 11.8. The van der Waals surface area contributed by atoms with Crippen LogP contribution in [0.3, 0.4) is 0 Å². The second-order valence-corrected chi connectivity index (χ2v) is 3.10. The number of carbonyl (C=O) groups is 1. The fourth-order valence-corrected chi connectivity index (χ4v) is 1.40. The van der Waals surface area contributed by atoms with E-state index in [4.69, 9.17) is 0 Å². The number of piperazine rings is 1. The van der Waals surface area contributed by atoms with E-state index in [0.29, 0.717) is 5.57 Å². The molecule has 0 aromatic carbocycles. The zero-order valence-electron chi connectivity index (χ0n) is 8.33. The molecule has 0 unspecified atom stereocenters. The Morgan fingerprint density at radius 2 is 1.93 bits per heavy atom. The Bertz CT molecular complexity index is 262. The van der Waals surface area contributed by atoms with E-state index in [1.165, 1.54) is 0 Å². The molecular formula is C11H16N2O. The lowest BCUT2D eigenvalue weighted by Gasteiger charge is -2.27. The SMILES string of the molecule is C=C/C=C(\C=C)C(=O)N1CCNCC1. The van der Waals surface area contributed by atoms with Gasteiger partial charge in [-0.15, -0.1) is 0 Å². The van der Waals surface area contributed by atoms with E-state index in [0.717, 1.165) is 26.2 Å². The maximum Gasteiger partial charge on any atom is 0.253 e. The summed E-state index contributed by atoms with van der Waals surface area (Å²) >= 11 is 0. The fraction of sp³-hybridized carbons (Fsp3) is 0.364. The molecule has 3 nitrogen and oxygen atoms in total. The zero-order valence-corrected chi connectivity index (χ0v) is 8.33. The van der Waals surface area contributed by atoms with Crippen LogP contribution in [0.1, 0.15) is 0 Å². The average Bonchev–Trinajstić information content (AvgIpc) is 2.26. The highest BCUT2D eigenvalue weighted by Crippen LogP contribution is 2.04. The van der Waals surface area contributed by atoms with E-state index in [2.05, 4.69) is 18.5 Å². The van der Waals surface area contributed by atoms with Crippen molar-refractivity contribution in [3.05, 3.63) is 37.0 Å². The number of allylic oxidation sites excluding steroid dienone is 2. The van der Waals surface area contributed by atoms with Crippen molar-refractivity contribution < 1.29 is 4.79 Å². The molecular weight excluding hydrogens is 176 g/mol. The molecule has 1 aliphatic rings. The van der Waals surface area contributed by atoms with Gasteiger partial charge in [0.05, 0.1) is 0 Å². The van der Waals surface area contributed by atoms with E-state index >= 15 is 0 Å². The summed E-state index contributed by atoms with van der Waals surface area (Å²) in [4.78, 5) is 13.7. The number of hydrogen-bond acceptors (Lipinski definition) is 2. The van der Waals surface area contributed by atoms with E-state index in [9.17, 15) is 4.79 Å². The third-order valence-electron chi connectivity index (χ3n) is 2.17. The van der Waals surface area contributed by atoms with Gasteiger partial charge in [-0.2, -0.15) is 0 Å². The number of amides is 1. The second-order valence-electron chi connectivity index (χ2n) is 3.10. The van der Waals surface area contributed by atoms with Crippen molar-refractivity contribution in [2.24, 2.45) is 0 Å². The predicted molar refractivity (Wildman–Crippen MR) is 57.9 cm³/mol. The van der Waals surface area contributed by atoms with Crippen LogP contribution in [-0.4, -0.2) is 37.0 Å². The van der Waals surface area contributed by atoms with Crippen LogP contribution >= 0.6 is 0 Å². The highest BCUT2D eigenvalue weighted by atomic mass is 16.2. The third-order valence-corrected chi connectivity index (χ3v) is 2.17. The third kappa shape index (κ3) is 2.57. The van der Waals surface area contributed by atoms with E-state index < -0.39 is 0 Å². The molecule has 1 aliphatic heterocycles. The number of carbonyl (C=O) groups excluding carboxylic acids is 1. The predicted octanol–water partition coefficient (Wildman–Crippen LogP) is 0.717. The summed E-state index contributed by atoms with van der Waals surface area (Å²) in [7, 11) is 0. The van der Waals surface area contributed by atoms with Gasteiger partial charge >= 0.3 is 0 Å². The molecule has 0 radical (unpaired) electrons. The molecule has 1 fully saturated rings. The normalized spacial score (nSPS) is 17.7. The lowest BCUT2D eigenvalue weighted by Crippen LogP contribution is -2.46. The Morgan fingerprint density at radius 1 is 1.29 bits per heavy atom. The second kappa shape index (κ2) is 5.40. The zero-order chi connectivity index (χ0) is 10.4. The standard InChI is InChI=1S/C11H16N2O/c1-3-5-10(4-2)11(14)13-8-6-12-7-9-13/h3-5,12H,1-2,6-9H2/b10-5+. The van der Waals surface area contributed by atoms with Gasteiger partial charge in [-0.25, -0.2) is 0 Å². The molecule has 0 saturated carbocycles. The van der Waals surface area contributed by atoms with Gasteiger partial charge in [0, 0.05) is 31.8 Å². The van der Waals surface area contributed by atoms with Crippen LogP contribution in [0.2, 0.25) is 0 Å². The van der Waals surface area contributed by atoms with Gasteiger partial charge in [0.15, 0.2) is 0 Å². The van der Waals surface area contributed by atoms with Crippen LogP contribution in [0, 0.1) is 0 Å². The molecule has 1 saturated heterocycles. The van der Waals surface area contributed by atoms with Crippen LogP contribution in [0.4, 0.5) is 0 Å². The minimum atomic E-state index is 0.0430. The topological polar surface area (TPSA) is 32.3 Å². The van der Waals surface area contributed by atoms with Gasteiger partial charge in [0.2, 0.25) is 0 Å². The van der Waals surface area contributed by atoms with Crippen LogP contribution in [0.25, 0.3) is 0 Å². The molecule has 0 aromatic heterocycles. The van der Waals surface area contributed by atoms with Gasteiger partial charge in [-0.1, -0.05) is 31.4 Å². The molecule has 76 valence electrons. The number of nitrogens with one attached hydrogen (secondary N) is 1. The van der Waals surface area contributed by atoms with E-state index in [1.807, 2.05) is 4.90 Å². The van der Waals surface area contributed by atoms with Crippen molar-refractivity contribution in [2.75, 3.05) is 26.2 Å². The van der Waals surface area contributed by atoms with Crippen molar-refractivity contribution in [3.8, 4) is 0 Å². The smallest absolute Gasteiger partial charge is 0.253 e. The molecule has 1 amide bonds. The summed E-state index contributed by atoms with van der Waals surface area (Å²) in [5.41, 5.74) is 0.613. The average molecular weight is 192 g/mol. The van der Waals surface area contributed by atoms with Gasteiger partial charge in [0.25, 0.3) is 5.91 Å². The first-order valence-corrected chi connectivity index (χ1v) is 4.74. The molecule has 3 heteroatoms. The summed E-state index contributed by atoms with van der Waals surface area (Å²) < 4.78 is 0. The monoisotopic (exact) mass is 192 g/mol. The number of rotatable bonds is 3. The lowest BCUT2D eigenvalue weighted by molar-refractivity contribution is -0.127. The molecule has 0 spiro atoms. The summed E-state index contributed by atoms with van der Waals surface area (Å²) in [6.07, 6.45) is 4.88. The Kier molecular flexibility index (Phi) is 4.13. The lowest BCUT2D eigenvalue weighted by atomic mass is 10.2. The van der Waals surface area contributed by atoms with Gasteiger partial charge in [0.1, 0.15) is 0 Å². The highest BCUT2D eigenvalue weighted by Gasteiger charge is 2.17. The molecule has 14 heavy (non-hydrogen) atoms. The van der Waals surface area contributed by atoms with Crippen LogP contribution < -0.4 is 5.32 Å². The van der Waals surface area contributed by atoms with Crippen LogP contribution in [0.5, 0.6) is 0 Å². The Morgan fingerprint density at radius 3 is 2.43 bits per heavy atom. The maximum absolute atomic E-state index is 11.8. The molecule has 1 heterocycles. The van der Waals surface area contributed by atoms with Crippen LogP contribution in [-0.2, 0) is 4.79 Å². The van der Waals surface area contributed by atoms with E-state index in [1.54, 1.807) is 18.2 Å². The van der Waals surface area contributed by atoms with Gasteiger partial charge < -0.3 is 10.2 Å². The van der Waals surface area contributed by atoms with Crippen molar-refractivity contribution in [1.29, 1.82) is 0 Å². The van der Waals surface area contributed by atoms with Crippen molar-refractivity contribution in [2.45, 2.75) is 0 Å². The number of nitrogens with zero attached hydrogens (tertiary/aromatic N) is 1. The van der Waals surface area contributed by atoms with Gasteiger partial charge in [-0.3, -0.25) is 4.79 Å². The molecule has 1 N–H and O–H groups in total. The fourth-order valence-electron chi connectivity index (χ4n) is 1.40. The first-order valence-electron chi connectivity index (χ1n) is 4.74. The Balaban J connectivity index is 2.65. The van der Waals surface area contributed by atoms with Crippen molar-refractivity contribution in [3.63, 3.8) is 0 Å². The largest absolute Gasteiger partial charge is 0.336 e. The molecule has 0 bridgehead atoms. The van der Waals surface area contributed by atoms with Crippen LogP contribution in [0.15, 0.2) is 37.0 Å². The quantitative estimate of drug-likeness (QED) is 0.528. The number of hydrogen-bond donors (Lipinski definition) is 1. The highest BCUT2D eigenvalue weighted by molar-refractivity contribution is 5.96. The van der Waals surface area contributed by atoms with E-state index in [-0.39, 0.29) is 5.91 Å². The first-order chi connectivity index (χ1) is 6.79. The minimum Gasteiger partial charge on any atom is -0.336 e. The molecule has 0 aromatic rings. The van der Waals surface area contributed by atoms with Crippen molar-refractivity contribution in [1.82, 2.24) is 10.2 Å². The van der Waals surface area contributed by atoms with Crippen molar-refractivity contribution >= 4 is 5.91 Å². The minimum absolute atomic E-state index is 0.0430. The molecule has 0 aliphatic carbocycles. The summed E-state index contributed by atoms with van der Waals surface area (Å²) in [6.45, 7) is 10.4. The summed E-state index contributed by atoms with van der Waals surface area (Å²) in [6, 6.07) is 0. The van der Waals surface area contributed by atoms with Gasteiger partial charge in [-0.05, 0) is 0 Å². The molecule has 1 rings (SSSR count). The summed E-state index contributed by atoms with van der Waals surface area (Å²) in [5, 5.41) is 3.20. The molecule has 0 atom stereocenters. The first kappa shape index (κ1) is 10.7.